The zero-order chi connectivity index (χ0) is 18.9. The van der Waals surface area contributed by atoms with Crippen LogP contribution in [0.2, 0.25) is 5.02 Å². The third-order valence-corrected chi connectivity index (χ3v) is 5.69. The summed E-state index contributed by atoms with van der Waals surface area (Å²) in [4.78, 5) is 12.4. The molecule has 1 unspecified atom stereocenters. The van der Waals surface area contributed by atoms with Gasteiger partial charge in [0.05, 0.1) is 15.8 Å². The van der Waals surface area contributed by atoms with Gasteiger partial charge in [0.1, 0.15) is 0 Å². The van der Waals surface area contributed by atoms with E-state index in [4.69, 9.17) is 11.6 Å². The van der Waals surface area contributed by atoms with Crippen molar-refractivity contribution < 1.29 is 18.0 Å². The molecule has 1 aliphatic rings. The molecule has 1 fully saturated rings. The van der Waals surface area contributed by atoms with E-state index in [1.54, 1.807) is 6.92 Å². The van der Waals surface area contributed by atoms with Crippen LogP contribution in [-0.2, 0) is 11.0 Å². The predicted molar refractivity (Wildman–Crippen MR) is 93.3 cm³/mol. The molecule has 0 radical (unpaired) electrons. The number of aromatic nitrogens is 3. The molecule has 26 heavy (non-hydrogen) atoms. The SMILES string of the molecule is CC(Sc1nnc2c(Cl)cc(C(F)(F)F)cn12)C(=O)NC1CCCCC1. The second-order valence-electron chi connectivity index (χ2n) is 6.35. The van der Waals surface area contributed by atoms with Gasteiger partial charge in [0.2, 0.25) is 5.91 Å². The van der Waals surface area contributed by atoms with Crippen molar-refractivity contribution in [3.05, 3.63) is 22.8 Å². The third-order valence-electron chi connectivity index (χ3n) is 4.36. The fourth-order valence-electron chi connectivity index (χ4n) is 2.95. The van der Waals surface area contributed by atoms with Crippen LogP contribution in [0.25, 0.3) is 5.65 Å². The number of rotatable bonds is 4. The van der Waals surface area contributed by atoms with Gasteiger partial charge in [-0.05, 0) is 25.8 Å². The van der Waals surface area contributed by atoms with Crippen molar-refractivity contribution in [3.8, 4) is 0 Å². The molecule has 2 heterocycles. The van der Waals surface area contributed by atoms with Crippen LogP contribution in [0.1, 0.15) is 44.6 Å². The highest BCUT2D eigenvalue weighted by atomic mass is 35.5. The van der Waals surface area contributed by atoms with E-state index in [1.165, 1.54) is 10.8 Å². The lowest BCUT2D eigenvalue weighted by Crippen LogP contribution is -2.40. The molecule has 2 aromatic heterocycles. The number of carbonyl (C=O) groups is 1. The van der Waals surface area contributed by atoms with Crippen molar-refractivity contribution in [3.63, 3.8) is 0 Å². The van der Waals surface area contributed by atoms with Crippen LogP contribution in [0.15, 0.2) is 17.4 Å². The van der Waals surface area contributed by atoms with E-state index in [1.807, 2.05) is 0 Å². The second kappa shape index (κ2) is 7.64. The molecular weight excluding hydrogens is 389 g/mol. The van der Waals surface area contributed by atoms with Gasteiger partial charge >= 0.3 is 6.18 Å². The molecule has 142 valence electrons. The Morgan fingerprint density at radius 3 is 2.69 bits per heavy atom. The Balaban J connectivity index is 1.77. The monoisotopic (exact) mass is 406 g/mol. The predicted octanol–water partition coefficient (Wildman–Crippen LogP) is 4.33. The van der Waals surface area contributed by atoms with Crippen LogP contribution in [-0.4, -0.2) is 31.8 Å². The first-order chi connectivity index (χ1) is 12.3. The Labute approximate surface area is 157 Å². The van der Waals surface area contributed by atoms with Gasteiger partial charge in [-0.25, -0.2) is 0 Å². The lowest BCUT2D eigenvalue weighted by atomic mass is 9.95. The van der Waals surface area contributed by atoms with Crippen LogP contribution in [0, 0.1) is 0 Å². The Morgan fingerprint density at radius 2 is 2.04 bits per heavy atom. The lowest BCUT2D eigenvalue weighted by Gasteiger charge is -2.24. The summed E-state index contributed by atoms with van der Waals surface area (Å²) in [5, 5.41) is 10.3. The van der Waals surface area contributed by atoms with E-state index in [-0.39, 0.29) is 27.8 Å². The maximum Gasteiger partial charge on any atom is 0.417 e. The first-order valence-electron chi connectivity index (χ1n) is 8.34. The minimum Gasteiger partial charge on any atom is -0.352 e. The molecule has 1 N–H and O–H groups in total. The van der Waals surface area contributed by atoms with Gasteiger partial charge in [-0.2, -0.15) is 13.2 Å². The van der Waals surface area contributed by atoms with Crippen molar-refractivity contribution in [1.82, 2.24) is 19.9 Å². The molecule has 1 saturated carbocycles. The zero-order valence-corrected chi connectivity index (χ0v) is 15.6. The standard InChI is InChI=1S/C16H18ClF3N4OS/c1-9(14(25)21-11-5-3-2-4-6-11)26-15-23-22-13-12(17)7-10(8-24(13)15)16(18,19)20/h7-9,11H,2-6H2,1H3,(H,21,25). The Bertz CT molecular complexity index is 805. The minimum atomic E-state index is -4.53. The fraction of sp³-hybridized carbons (Fsp3) is 0.562. The topological polar surface area (TPSA) is 59.3 Å². The summed E-state index contributed by atoms with van der Waals surface area (Å²) in [6.07, 6.45) is 1.66. The average Bonchev–Trinajstić information content (AvgIpc) is 2.98. The number of alkyl halides is 3. The van der Waals surface area contributed by atoms with Gasteiger partial charge in [-0.15, -0.1) is 10.2 Å². The highest BCUT2D eigenvalue weighted by Crippen LogP contribution is 2.33. The quantitative estimate of drug-likeness (QED) is 0.768. The molecule has 1 atom stereocenters. The van der Waals surface area contributed by atoms with Gasteiger partial charge in [0, 0.05) is 12.2 Å². The summed E-state index contributed by atoms with van der Waals surface area (Å²) < 4.78 is 40.2. The van der Waals surface area contributed by atoms with E-state index >= 15 is 0 Å². The lowest BCUT2D eigenvalue weighted by molar-refractivity contribution is -0.137. The number of amides is 1. The smallest absolute Gasteiger partial charge is 0.352 e. The highest BCUT2D eigenvalue weighted by molar-refractivity contribution is 8.00. The van der Waals surface area contributed by atoms with Gasteiger partial charge in [0.15, 0.2) is 10.8 Å². The summed E-state index contributed by atoms with van der Waals surface area (Å²) in [7, 11) is 0. The largest absolute Gasteiger partial charge is 0.417 e. The first-order valence-corrected chi connectivity index (χ1v) is 9.60. The van der Waals surface area contributed by atoms with Crippen LogP contribution in [0.5, 0.6) is 0 Å². The van der Waals surface area contributed by atoms with E-state index in [0.29, 0.717) is 0 Å². The van der Waals surface area contributed by atoms with Crippen molar-refractivity contribution >= 4 is 34.9 Å². The Morgan fingerprint density at radius 1 is 1.35 bits per heavy atom. The number of thioether (sulfide) groups is 1. The van der Waals surface area contributed by atoms with Crippen LogP contribution >= 0.6 is 23.4 Å². The number of pyridine rings is 1. The van der Waals surface area contributed by atoms with E-state index in [2.05, 4.69) is 15.5 Å². The summed E-state index contributed by atoms with van der Waals surface area (Å²) in [6, 6.07) is 0.986. The normalized spacial score (nSPS) is 17.4. The number of nitrogens with one attached hydrogen (secondary N) is 1. The Hall–Kier alpha value is -1.48. The van der Waals surface area contributed by atoms with Crippen molar-refractivity contribution in [2.45, 2.75) is 61.7 Å². The molecule has 1 amide bonds. The molecule has 0 aromatic carbocycles. The Kier molecular flexibility index (Phi) is 5.67. The number of nitrogens with zero attached hydrogens (tertiary/aromatic N) is 3. The summed E-state index contributed by atoms with van der Waals surface area (Å²) in [5.74, 6) is -0.156. The van der Waals surface area contributed by atoms with Gasteiger partial charge in [0.25, 0.3) is 0 Å². The maximum absolute atomic E-state index is 13.0. The summed E-state index contributed by atoms with van der Waals surface area (Å²) in [5.41, 5.74) is -0.766. The van der Waals surface area contributed by atoms with Crippen molar-refractivity contribution in [1.29, 1.82) is 0 Å². The molecule has 1 aliphatic carbocycles. The molecule has 3 rings (SSSR count). The second-order valence-corrected chi connectivity index (χ2v) is 8.07. The molecule has 0 aliphatic heterocycles. The summed E-state index contributed by atoms with van der Waals surface area (Å²) >= 11 is 6.95. The van der Waals surface area contributed by atoms with E-state index < -0.39 is 17.0 Å². The number of hydrogen-bond acceptors (Lipinski definition) is 4. The van der Waals surface area contributed by atoms with Crippen molar-refractivity contribution in [2.75, 3.05) is 0 Å². The molecular formula is C16H18ClF3N4OS. The number of hydrogen-bond donors (Lipinski definition) is 1. The zero-order valence-electron chi connectivity index (χ0n) is 14.0. The number of carbonyl (C=O) groups excluding carboxylic acids is 1. The molecule has 2 aromatic rings. The molecule has 0 spiro atoms. The minimum absolute atomic E-state index is 0.127. The molecule has 10 heteroatoms. The molecule has 0 saturated heterocycles. The molecule has 0 bridgehead atoms. The number of halogens is 4. The average molecular weight is 407 g/mol. The summed E-state index contributed by atoms with van der Waals surface area (Å²) in [6.45, 7) is 1.69. The van der Waals surface area contributed by atoms with Crippen LogP contribution in [0.3, 0.4) is 0 Å². The number of fused-ring (bicyclic) bond motifs is 1. The van der Waals surface area contributed by atoms with Gasteiger partial charge in [-0.1, -0.05) is 42.6 Å². The van der Waals surface area contributed by atoms with Gasteiger partial charge in [-0.3, -0.25) is 9.20 Å². The van der Waals surface area contributed by atoms with Crippen LogP contribution in [0.4, 0.5) is 13.2 Å². The van der Waals surface area contributed by atoms with E-state index in [9.17, 15) is 18.0 Å². The fourth-order valence-corrected chi connectivity index (χ4v) is 4.02. The van der Waals surface area contributed by atoms with Crippen molar-refractivity contribution in [2.24, 2.45) is 0 Å². The van der Waals surface area contributed by atoms with Crippen LogP contribution < -0.4 is 5.32 Å². The maximum atomic E-state index is 13.0. The first kappa shape index (κ1) is 19.3. The third kappa shape index (κ3) is 4.25. The van der Waals surface area contributed by atoms with Gasteiger partial charge < -0.3 is 5.32 Å². The van der Waals surface area contributed by atoms with E-state index in [0.717, 1.165) is 49.7 Å². The molecule has 5 nitrogen and oxygen atoms in total. The highest BCUT2D eigenvalue weighted by Gasteiger charge is 2.32.